The van der Waals surface area contributed by atoms with Gasteiger partial charge in [-0.1, -0.05) is 42.5 Å². The third-order valence-electron chi connectivity index (χ3n) is 8.37. The normalized spacial score (nSPS) is 16.8. The van der Waals surface area contributed by atoms with E-state index in [1.165, 1.54) is 6.26 Å². The van der Waals surface area contributed by atoms with Gasteiger partial charge in [0.05, 0.1) is 16.4 Å². The van der Waals surface area contributed by atoms with Gasteiger partial charge in [-0.3, -0.25) is 4.98 Å². The highest BCUT2D eigenvalue weighted by Crippen LogP contribution is 2.58. The lowest BCUT2D eigenvalue weighted by Gasteiger charge is -2.30. The van der Waals surface area contributed by atoms with E-state index in [9.17, 15) is 13.5 Å². The topological polar surface area (TPSA) is 76.5 Å². The van der Waals surface area contributed by atoms with Crippen LogP contribution in [-0.4, -0.2) is 30.0 Å². The van der Waals surface area contributed by atoms with Gasteiger partial charge in [-0.15, -0.1) is 0 Å². The molecular weight excluding hydrogens is 506 g/mol. The molecule has 1 N–H and O–H groups in total. The maximum Gasteiger partial charge on any atom is 0.150 e. The molecule has 0 bridgehead atoms. The zero-order valence-electron chi connectivity index (χ0n) is 22.5. The van der Waals surface area contributed by atoms with Crippen LogP contribution in [0.15, 0.2) is 79.0 Å². The number of benzene rings is 3. The minimum absolute atomic E-state index is 0.330. The summed E-state index contributed by atoms with van der Waals surface area (Å²) in [4.78, 5) is 4.66. The van der Waals surface area contributed by atoms with Crippen molar-refractivity contribution < 1.29 is 18.3 Å². The number of sulfone groups is 1. The fourth-order valence-electron chi connectivity index (χ4n) is 5.81. The largest absolute Gasteiger partial charge is 0.489 e. The van der Waals surface area contributed by atoms with E-state index in [4.69, 9.17) is 4.74 Å². The Morgan fingerprint density at radius 2 is 1.69 bits per heavy atom. The van der Waals surface area contributed by atoms with Crippen molar-refractivity contribution in [3.63, 3.8) is 0 Å². The van der Waals surface area contributed by atoms with Gasteiger partial charge >= 0.3 is 0 Å². The SMILES string of the molecule is CC(Cc1cc(-c2cccc(COc3ccccc3C(O)(C3CC3)C3CC3)c2)c2ncccc2c1)S(C)(=O)=O. The van der Waals surface area contributed by atoms with Crippen LogP contribution in [0.2, 0.25) is 0 Å². The maximum atomic E-state index is 12.1. The highest BCUT2D eigenvalue weighted by Gasteiger charge is 2.55. The number of fused-ring (bicyclic) bond motifs is 1. The number of rotatable bonds is 10. The molecule has 39 heavy (non-hydrogen) atoms. The number of nitrogens with zero attached hydrogens (tertiary/aromatic N) is 1. The average molecular weight is 542 g/mol. The monoisotopic (exact) mass is 541 g/mol. The molecule has 1 aromatic heterocycles. The van der Waals surface area contributed by atoms with Gasteiger partial charge in [-0.05, 0) is 97.9 Å². The first-order chi connectivity index (χ1) is 18.7. The Labute approximate surface area is 230 Å². The Hall–Kier alpha value is -3.22. The van der Waals surface area contributed by atoms with Crippen molar-refractivity contribution in [2.24, 2.45) is 11.8 Å². The molecule has 1 heterocycles. The van der Waals surface area contributed by atoms with Gasteiger partial charge in [0.15, 0.2) is 0 Å². The highest BCUT2D eigenvalue weighted by molar-refractivity contribution is 7.91. The molecule has 4 aromatic rings. The molecule has 202 valence electrons. The fraction of sp³-hybridized carbons (Fsp3) is 0.364. The lowest BCUT2D eigenvalue weighted by atomic mass is 9.83. The molecule has 0 spiro atoms. The van der Waals surface area contributed by atoms with Gasteiger partial charge in [0, 0.05) is 29.0 Å². The van der Waals surface area contributed by atoms with Crippen molar-refractivity contribution in [1.29, 1.82) is 0 Å². The van der Waals surface area contributed by atoms with Crippen LogP contribution in [0.5, 0.6) is 5.75 Å². The number of hydrogen-bond acceptors (Lipinski definition) is 5. The van der Waals surface area contributed by atoms with Gasteiger partial charge in [0.25, 0.3) is 0 Å². The van der Waals surface area contributed by atoms with Crippen LogP contribution in [0.4, 0.5) is 0 Å². The quantitative estimate of drug-likeness (QED) is 0.249. The van der Waals surface area contributed by atoms with E-state index in [1.807, 2.05) is 54.6 Å². The lowest BCUT2D eigenvalue weighted by Crippen LogP contribution is -2.31. The minimum atomic E-state index is -3.14. The van der Waals surface area contributed by atoms with Gasteiger partial charge in [-0.2, -0.15) is 0 Å². The molecule has 1 unspecified atom stereocenters. The summed E-state index contributed by atoms with van der Waals surface area (Å²) < 4.78 is 30.6. The first-order valence-corrected chi connectivity index (χ1v) is 15.8. The molecular formula is C33H35NO4S. The number of pyridine rings is 1. The Kier molecular flexibility index (Phi) is 6.72. The first-order valence-electron chi connectivity index (χ1n) is 13.8. The van der Waals surface area contributed by atoms with E-state index in [-0.39, 0.29) is 0 Å². The third-order valence-corrected chi connectivity index (χ3v) is 10.00. The predicted octanol–water partition coefficient (Wildman–Crippen LogP) is 6.46. The number of para-hydroxylation sites is 1. The number of aromatic nitrogens is 1. The summed E-state index contributed by atoms with van der Waals surface area (Å²) in [5.74, 6) is 1.42. The molecule has 3 aromatic carbocycles. The van der Waals surface area contributed by atoms with Crippen LogP contribution >= 0.6 is 0 Å². The number of hydrogen-bond donors (Lipinski definition) is 1. The molecule has 0 radical (unpaired) electrons. The zero-order chi connectivity index (χ0) is 27.2. The van der Waals surface area contributed by atoms with Crippen molar-refractivity contribution in [3.05, 3.63) is 95.7 Å². The molecule has 0 aliphatic heterocycles. The molecule has 0 amide bonds. The molecule has 2 aliphatic rings. The van der Waals surface area contributed by atoms with Gasteiger partial charge in [-0.25, -0.2) is 8.42 Å². The summed E-state index contributed by atoms with van der Waals surface area (Å²) in [5, 5.41) is 12.3. The van der Waals surface area contributed by atoms with Gasteiger partial charge < -0.3 is 9.84 Å². The maximum absolute atomic E-state index is 12.1. The smallest absolute Gasteiger partial charge is 0.150 e. The number of aliphatic hydroxyl groups is 1. The van der Waals surface area contributed by atoms with Gasteiger partial charge in [0.2, 0.25) is 0 Å². The second-order valence-electron chi connectivity index (χ2n) is 11.4. The Morgan fingerprint density at radius 3 is 2.41 bits per heavy atom. The van der Waals surface area contributed by atoms with Crippen molar-refractivity contribution in [2.75, 3.05) is 6.26 Å². The van der Waals surface area contributed by atoms with Crippen LogP contribution in [0.3, 0.4) is 0 Å². The Bertz CT molecular complexity index is 1610. The molecule has 1 atom stereocenters. The molecule has 2 fully saturated rings. The molecule has 0 saturated heterocycles. The Balaban J connectivity index is 1.30. The van der Waals surface area contributed by atoms with E-state index < -0.39 is 20.7 Å². The van der Waals surface area contributed by atoms with E-state index in [0.29, 0.717) is 24.9 Å². The summed E-state index contributed by atoms with van der Waals surface area (Å²) in [7, 11) is -3.14. The Morgan fingerprint density at radius 1 is 0.949 bits per heavy atom. The minimum Gasteiger partial charge on any atom is -0.489 e. The third kappa shape index (κ3) is 5.32. The van der Waals surface area contributed by atoms with E-state index >= 15 is 0 Å². The van der Waals surface area contributed by atoms with Crippen molar-refractivity contribution in [3.8, 4) is 16.9 Å². The second-order valence-corrected chi connectivity index (χ2v) is 13.9. The molecule has 2 saturated carbocycles. The predicted molar refractivity (Wildman–Crippen MR) is 155 cm³/mol. The summed E-state index contributed by atoms with van der Waals surface area (Å²) in [6.07, 6.45) is 7.83. The van der Waals surface area contributed by atoms with Crippen molar-refractivity contribution >= 4 is 20.7 Å². The molecule has 6 heteroatoms. The second kappa shape index (κ2) is 10.1. The van der Waals surface area contributed by atoms with Crippen LogP contribution < -0.4 is 4.74 Å². The standard InChI is InChI=1S/C33H35NO4S/c1-22(39(2,36)37)17-24-19-26-9-6-16-34-32(26)29(20-24)25-8-5-7-23(18-25)21-38-31-11-4-3-10-30(31)33(35,27-12-13-27)28-14-15-28/h3-11,16,18-20,22,27-28,35H,12-15,17,21H2,1-2H3. The van der Waals surface area contributed by atoms with Crippen LogP contribution in [0.1, 0.15) is 49.3 Å². The lowest BCUT2D eigenvalue weighted by molar-refractivity contribution is -0.0128. The van der Waals surface area contributed by atoms with Crippen LogP contribution in [0, 0.1) is 11.8 Å². The number of ether oxygens (including phenoxy) is 1. The van der Waals surface area contributed by atoms with Crippen molar-refractivity contribution in [1.82, 2.24) is 4.98 Å². The summed E-state index contributed by atoms with van der Waals surface area (Å²) in [6.45, 7) is 2.14. The van der Waals surface area contributed by atoms with Crippen LogP contribution in [0.25, 0.3) is 22.0 Å². The van der Waals surface area contributed by atoms with E-state index in [2.05, 4.69) is 23.2 Å². The summed E-state index contributed by atoms with van der Waals surface area (Å²) in [6, 6.07) is 24.2. The van der Waals surface area contributed by atoms with Crippen LogP contribution in [-0.2, 0) is 28.5 Å². The van der Waals surface area contributed by atoms with Gasteiger partial charge in [0.1, 0.15) is 22.2 Å². The highest BCUT2D eigenvalue weighted by atomic mass is 32.2. The van der Waals surface area contributed by atoms with E-state index in [1.54, 1.807) is 13.1 Å². The van der Waals surface area contributed by atoms with E-state index in [0.717, 1.165) is 70.2 Å². The average Bonchev–Trinajstić information content (AvgIpc) is 3.83. The molecule has 6 rings (SSSR count). The van der Waals surface area contributed by atoms with Crippen molar-refractivity contribution in [2.45, 2.75) is 56.5 Å². The molecule has 5 nitrogen and oxygen atoms in total. The first kappa shape index (κ1) is 26.0. The summed E-state index contributed by atoms with van der Waals surface area (Å²) >= 11 is 0. The zero-order valence-corrected chi connectivity index (χ0v) is 23.3. The molecule has 2 aliphatic carbocycles. The fourth-order valence-corrected chi connectivity index (χ4v) is 6.30. The summed E-state index contributed by atoms with van der Waals surface area (Å²) in [5.41, 5.74) is 5.00.